The normalized spacial score (nSPS) is 11.9. The molecule has 0 spiro atoms. The fraction of sp³-hybridized carbons (Fsp3) is 0.333. The van der Waals surface area contributed by atoms with Gasteiger partial charge in [0.25, 0.3) is 0 Å². The lowest BCUT2D eigenvalue weighted by molar-refractivity contribution is -0.113. The van der Waals surface area contributed by atoms with Crippen molar-refractivity contribution in [2.24, 2.45) is 0 Å². The molecular weight excluding hydrogens is 306 g/mol. The number of nitrogens with one attached hydrogen (secondary N) is 1. The van der Waals surface area contributed by atoms with E-state index in [0.29, 0.717) is 6.61 Å². The molecule has 0 aromatic heterocycles. The first kappa shape index (κ1) is 16.6. The number of carbonyl (C=O) groups is 2. The minimum absolute atomic E-state index is 0.00482. The number of carboxylic acid groups (broad SMARTS) is 1. The summed E-state index contributed by atoms with van der Waals surface area (Å²) in [5.41, 5.74) is 0.186. The second-order valence-corrected chi connectivity index (χ2v) is 5.81. The molecule has 6 nitrogen and oxygen atoms in total. The Morgan fingerprint density at radius 3 is 2.75 bits per heavy atom. The van der Waals surface area contributed by atoms with Gasteiger partial charge in [0.1, 0.15) is 5.75 Å². The summed E-state index contributed by atoms with van der Waals surface area (Å²) in [7, 11) is 0.140. The van der Waals surface area contributed by atoms with Gasteiger partial charge in [0.2, 0.25) is 5.91 Å². The van der Waals surface area contributed by atoms with E-state index in [0.717, 1.165) is 0 Å². The van der Waals surface area contributed by atoms with E-state index in [9.17, 15) is 13.8 Å². The summed E-state index contributed by atoms with van der Waals surface area (Å²) in [6.45, 7) is 0.301. The highest BCUT2D eigenvalue weighted by atomic mass is 35.5. The predicted octanol–water partition coefficient (Wildman–Crippen LogP) is 1.37. The van der Waals surface area contributed by atoms with Crippen molar-refractivity contribution in [3.63, 3.8) is 0 Å². The van der Waals surface area contributed by atoms with Crippen molar-refractivity contribution in [3.05, 3.63) is 28.8 Å². The van der Waals surface area contributed by atoms with Crippen LogP contribution in [0.5, 0.6) is 0 Å². The van der Waals surface area contributed by atoms with Crippen LogP contribution in [0.15, 0.2) is 18.2 Å². The number of benzene rings is 1. The molecule has 1 unspecified atom stereocenters. The van der Waals surface area contributed by atoms with E-state index < -0.39 is 22.7 Å². The number of aromatic carboxylic acids is 1. The smallest absolute Gasteiger partial charge is 0.335 e. The van der Waals surface area contributed by atoms with Crippen LogP contribution in [0, 0.1) is 0 Å². The molecule has 0 saturated heterocycles. The Labute approximate surface area is 123 Å². The molecule has 0 radical (unpaired) electrons. The molecule has 1 atom stereocenters. The highest BCUT2D eigenvalue weighted by molar-refractivity contribution is 7.85. The second-order valence-electron chi connectivity index (χ2n) is 3.83. The van der Waals surface area contributed by atoms with Gasteiger partial charge in [0, 0.05) is 23.7 Å². The lowest BCUT2D eigenvalue weighted by atomic mass is 10.2. The molecule has 0 bridgehead atoms. The molecule has 0 fully saturated rings. The molecule has 0 aliphatic carbocycles. The minimum Gasteiger partial charge on any atom is -0.478 e. The number of rotatable bonds is 7. The molecule has 1 aromatic carbocycles. The standard InChI is InChI=1S/C12H14ClNO5S/c1-19-4-5-20(18)7-11(15)14-10-6-8(12(16)17)2-3-9(10)13/h2-3,6H,4-5,7H2,1H3,(H,14,15)(H,16,17). The average Bonchev–Trinajstić information content (AvgIpc) is 2.38. The van der Waals surface area contributed by atoms with Crippen molar-refractivity contribution in [1.82, 2.24) is 0 Å². The van der Waals surface area contributed by atoms with Crippen LogP contribution in [-0.2, 0) is 20.3 Å². The summed E-state index contributed by atoms with van der Waals surface area (Å²) in [6.07, 6.45) is 0. The summed E-state index contributed by atoms with van der Waals surface area (Å²) in [5.74, 6) is -1.56. The fourth-order valence-corrected chi connectivity index (χ4v) is 2.36. The second kappa shape index (κ2) is 7.98. The molecule has 1 rings (SSSR count). The van der Waals surface area contributed by atoms with E-state index >= 15 is 0 Å². The van der Waals surface area contributed by atoms with Crippen molar-refractivity contribution in [1.29, 1.82) is 0 Å². The summed E-state index contributed by atoms with van der Waals surface area (Å²) in [5, 5.41) is 11.5. The molecule has 0 aliphatic heterocycles. The van der Waals surface area contributed by atoms with Gasteiger partial charge in [0.05, 0.1) is 22.9 Å². The van der Waals surface area contributed by atoms with Crippen molar-refractivity contribution in [3.8, 4) is 0 Å². The molecule has 20 heavy (non-hydrogen) atoms. The lowest BCUT2D eigenvalue weighted by Crippen LogP contribution is -2.22. The number of ether oxygens (including phenoxy) is 1. The molecule has 0 aliphatic rings. The lowest BCUT2D eigenvalue weighted by Gasteiger charge is -2.08. The Kier molecular flexibility index (Phi) is 6.63. The van der Waals surface area contributed by atoms with E-state index in [1.807, 2.05) is 0 Å². The number of hydrogen-bond donors (Lipinski definition) is 2. The summed E-state index contributed by atoms with van der Waals surface area (Å²) in [6, 6.07) is 3.96. The van der Waals surface area contributed by atoms with Crippen molar-refractivity contribution >= 4 is 40.0 Å². The van der Waals surface area contributed by atoms with Crippen LogP contribution in [-0.4, -0.2) is 46.4 Å². The van der Waals surface area contributed by atoms with Crippen molar-refractivity contribution in [2.45, 2.75) is 0 Å². The number of anilines is 1. The Hall–Kier alpha value is -1.44. The first-order valence-electron chi connectivity index (χ1n) is 5.60. The van der Waals surface area contributed by atoms with Crippen LogP contribution in [0.3, 0.4) is 0 Å². The SMILES string of the molecule is COCCS(=O)CC(=O)Nc1cc(C(=O)O)ccc1Cl. The maximum absolute atomic E-state index is 11.7. The zero-order valence-corrected chi connectivity index (χ0v) is 12.3. The quantitative estimate of drug-likeness (QED) is 0.792. The van der Waals surface area contributed by atoms with Gasteiger partial charge >= 0.3 is 5.97 Å². The molecule has 0 saturated carbocycles. The van der Waals surface area contributed by atoms with E-state index in [4.69, 9.17) is 21.4 Å². The van der Waals surface area contributed by atoms with Gasteiger partial charge in [0.15, 0.2) is 0 Å². The van der Waals surface area contributed by atoms with Gasteiger partial charge in [-0.15, -0.1) is 0 Å². The molecule has 1 aromatic rings. The van der Waals surface area contributed by atoms with E-state index in [1.54, 1.807) is 0 Å². The van der Waals surface area contributed by atoms with Crippen molar-refractivity contribution < 1.29 is 23.6 Å². The summed E-state index contributed by atoms with van der Waals surface area (Å²) in [4.78, 5) is 22.5. The Balaban J connectivity index is 2.68. The number of carbonyl (C=O) groups excluding carboxylic acids is 1. The first-order chi connectivity index (χ1) is 9.43. The molecule has 8 heteroatoms. The van der Waals surface area contributed by atoms with Gasteiger partial charge in [-0.1, -0.05) is 11.6 Å². The zero-order valence-electron chi connectivity index (χ0n) is 10.7. The van der Waals surface area contributed by atoms with E-state index in [1.165, 1.54) is 25.3 Å². The molecule has 1 amide bonds. The molecule has 0 heterocycles. The van der Waals surface area contributed by atoms with Gasteiger partial charge in [-0.25, -0.2) is 4.79 Å². The van der Waals surface area contributed by atoms with E-state index in [-0.39, 0.29) is 27.8 Å². The third-order valence-corrected chi connectivity index (χ3v) is 3.83. The molecule has 2 N–H and O–H groups in total. The van der Waals surface area contributed by atoms with Crippen LogP contribution in [0.4, 0.5) is 5.69 Å². The summed E-state index contributed by atoms with van der Waals surface area (Å²) < 4.78 is 16.3. The largest absolute Gasteiger partial charge is 0.478 e. The monoisotopic (exact) mass is 319 g/mol. The van der Waals surface area contributed by atoms with Gasteiger partial charge in [-0.05, 0) is 18.2 Å². The number of carboxylic acids is 1. The van der Waals surface area contributed by atoms with Crippen LogP contribution in [0.1, 0.15) is 10.4 Å². The Morgan fingerprint density at radius 2 is 2.15 bits per heavy atom. The van der Waals surface area contributed by atoms with Gasteiger partial charge < -0.3 is 15.2 Å². The highest BCUT2D eigenvalue weighted by Crippen LogP contribution is 2.23. The Bertz CT molecular complexity index is 535. The van der Waals surface area contributed by atoms with E-state index in [2.05, 4.69) is 5.32 Å². The molecular formula is C12H14ClNO5S. The minimum atomic E-state index is -1.34. The number of amides is 1. The van der Waals surface area contributed by atoms with Crippen LogP contribution in [0.25, 0.3) is 0 Å². The topological polar surface area (TPSA) is 92.7 Å². The first-order valence-corrected chi connectivity index (χ1v) is 7.47. The molecule has 110 valence electrons. The predicted molar refractivity (Wildman–Crippen MR) is 76.8 cm³/mol. The Morgan fingerprint density at radius 1 is 1.45 bits per heavy atom. The van der Waals surface area contributed by atoms with Crippen LogP contribution in [0.2, 0.25) is 5.02 Å². The van der Waals surface area contributed by atoms with Crippen LogP contribution < -0.4 is 5.32 Å². The number of methoxy groups -OCH3 is 1. The third-order valence-electron chi connectivity index (χ3n) is 2.29. The summed E-state index contributed by atoms with van der Waals surface area (Å²) >= 11 is 5.86. The fourth-order valence-electron chi connectivity index (χ4n) is 1.34. The average molecular weight is 320 g/mol. The zero-order chi connectivity index (χ0) is 15.1. The van der Waals surface area contributed by atoms with Gasteiger partial charge in [-0.3, -0.25) is 9.00 Å². The maximum atomic E-state index is 11.7. The number of halogens is 1. The van der Waals surface area contributed by atoms with Gasteiger partial charge in [-0.2, -0.15) is 0 Å². The number of hydrogen-bond acceptors (Lipinski definition) is 4. The third kappa shape index (κ3) is 5.28. The van der Waals surface area contributed by atoms with Crippen LogP contribution >= 0.6 is 11.6 Å². The maximum Gasteiger partial charge on any atom is 0.335 e. The highest BCUT2D eigenvalue weighted by Gasteiger charge is 2.12. The van der Waals surface area contributed by atoms with Crippen molar-refractivity contribution in [2.75, 3.05) is 30.5 Å².